The number of benzene rings is 3. The normalized spacial score (nSPS) is 11.3. The molecule has 0 atom stereocenters. The molecule has 3 aromatic carbocycles. The molecule has 0 fully saturated rings. The molecule has 2 heterocycles. The van der Waals surface area contributed by atoms with Gasteiger partial charge in [-0.3, -0.25) is 4.79 Å². The maximum Gasteiger partial charge on any atom is 0.234 e. The first-order chi connectivity index (χ1) is 16.6. The molecule has 0 radical (unpaired) electrons. The van der Waals surface area contributed by atoms with E-state index in [9.17, 15) is 4.79 Å². The molecule has 5 aromatic rings. The summed E-state index contributed by atoms with van der Waals surface area (Å²) in [6.45, 7) is 3.03. The molecule has 0 aliphatic rings. The van der Waals surface area contributed by atoms with Gasteiger partial charge in [-0.05, 0) is 43.3 Å². The second-order valence-electron chi connectivity index (χ2n) is 7.93. The van der Waals surface area contributed by atoms with Crippen molar-refractivity contribution < 1.29 is 9.53 Å². The Kier molecular flexibility index (Phi) is 5.98. The number of para-hydroxylation sites is 1. The number of thioether (sulfide) groups is 1. The summed E-state index contributed by atoms with van der Waals surface area (Å²) in [6.07, 6.45) is 0. The Hall–Kier alpha value is -3.78. The number of hydrogen-bond donors (Lipinski definition) is 1. The smallest absolute Gasteiger partial charge is 0.234 e. The summed E-state index contributed by atoms with van der Waals surface area (Å²) in [5.74, 6) is 1.63. The fourth-order valence-electron chi connectivity index (χ4n) is 4.25. The van der Waals surface area contributed by atoms with Crippen molar-refractivity contribution in [3.63, 3.8) is 0 Å². The Morgan fingerprint density at radius 2 is 1.82 bits per heavy atom. The van der Waals surface area contributed by atoms with Gasteiger partial charge in [-0.2, -0.15) is 0 Å². The number of carbonyl (C=O) groups excluding carboxylic acids is 1. The first kappa shape index (κ1) is 22.0. The van der Waals surface area contributed by atoms with Crippen LogP contribution in [0.25, 0.3) is 33.2 Å². The number of fused-ring (bicyclic) bond motifs is 3. The number of amides is 1. The number of aryl methyl sites for hydroxylation is 1. The highest BCUT2D eigenvalue weighted by Crippen LogP contribution is 2.31. The average Bonchev–Trinajstić information content (AvgIpc) is 3.39. The van der Waals surface area contributed by atoms with E-state index in [0.717, 1.165) is 34.8 Å². The second kappa shape index (κ2) is 9.23. The lowest BCUT2D eigenvalue weighted by molar-refractivity contribution is -0.113. The van der Waals surface area contributed by atoms with E-state index >= 15 is 0 Å². The lowest BCUT2D eigenvalue weighted by atomic mass is 10.1. The minimum Gasteiger partial charge on any atom is -0.497 e. The Morgan fingerprint density at radius 1 is 1.00 bits per heavy atom. The first-order valence-corrected chi connectivity index (χ1v) is 12.0. The third kappa shape index (κ3) is 4.01. The maximum absolute atomic E-state index is 12.7. The highest BCUT2D eigenvalue weighted by Gasteiger charge is 2.15. The number of ether oxygens (including phenoxy) is 1. The summed E-state index contributed by atoms with van der Waals surface area (Å²) in [4.78, 5) is 12.7. The third-order valence-electron chi connectivity index (χ3n) is 5.87. The zero-order valence-electron chi connectivity index (χ0n) is 19.3. The van der Waals surface area contributed by atoms with Crippen molar-refractivity contribution in [3.8, 4) is 17.1 Å². The molecule has 5 rings (SSSR count). The van der Waals surface area contributed by atoms with Crippen LogP contribution in [0.3, 0.4) is 0 Å². The standard InChI is InChI=1S/C26H25N5O2S/c1-4-31-22-11-6-5-10-20(22)21-15-18(12-13-23(21)31)27-24(32)16-34-26-29-28-25(30(26)2)17-8-7-9-19(14-17)33-3/h5-15H,4,16H2,1-3H3,(H,27,32). The number of methoxy groups -OCH3 is 1. The van der Waals surface area contributed by atoms with Gasteiger partial charge in [-0.15, -0.1) is 10.2 Å². The van der Waals surface area contributed by atoms with E-state index in [1.165, 1.54) is 28.2 Å². The Balaban J connectivity index is 1.31. The van der Waals surface area contributed by atoms with Crippen molar-refractivity contribution in [2.45, 2.75) is 18.6 Å². The third-order valence-corrected chi connectivity index (χ3v) is 6.89. The SMILES string of the molecule is CCn1c2ccccc2c2cc(NC(=O)CSc3nnc(-c4cccc(OC)c4)n3C)ccc21. The quantitative estimate of drug-likeness (QED) is 0.324. The molecule has 2 aromatic heterocycles. The zero-order chi connectivity index (χ0) is 23.7. The summed E-state index contributed by atoms with van der Waals surface area (Å²) in [5, 5.41) is 14.6. The van der Waals surface area contributed by atoms with Crippen LogP contribution < -0.4 is 10.1 Å². The Morgan fingerprint density at radius 3 is 2.65 bits per heavy atom. The van der Waals surface area contributed by atoms with E-state index in [1.54, 1.807) is 7.11 Å². The maximum atomic E-state index is 12.7. The number of aromatic nitrogens is 4. The zero-order valence-corrected chi connectivity index (χ0v) is 20.1. The van der Waals surface area contributed by atoms with Crippen LogP contribution in [-0.2, 0) is 18.4 Å². The van der Waals surface area contributed by atoms with Crippen molar-refractivity contribution in [3.05, 3.63) is 66.7 Å². The molecule has 172 valence electrons. The van der Waals surface area contributed by atoms with Gasteiger partial charge in [0.1, 0.15) is 5.75 Å². The predicted octanol–water partition coefficient (Wildman–Crippen LogP) is 5.35. The Labute approximate surface area is 201 Å². The summed E-state index contributed by atoms with van der Waals surface area (Å²) in [5.41, 5.74) is 4.06. The van der Waals surface area contributed by atoms with Crippen LogP contribution in [0.2, 0.25) is 0 Å². The average molecular weight is 472 g/mol. The lowest BCUT2D eigenvalue weighted by Gasteiger charge is -2.07. The van der Waals surface area contributed by atoms with Crippen LogP contribution in [0.1, 0.15) is 6.92 Å². The number of nitrogens with zero attached hydrogens (tertiary/aromatic N) is 4. The van der Waals surface area contributed by atoms with Crippen LogP contribution >= 0.6 is 11.8 Å². The molecule has 0 aliphatic heterocycles. The van der Waals surface area contributed by atoms with Crippen molar-refractivity contribution >= 4 is 45.2 Å². The van der Waals surface area contributed by atoms with E-state index in [-0.39, 0.29) is 11.7 Å². The van der Waals surface area contributed by atoms with Crippen molar-refractivity contribution in [1.82, 2.24) is 19.3 Å². The Bertz CT molecular complexity index is 1500. The van der Waals surface area contributed by atoms with E-state index in [2.05, 4.69) is 57.3 Å². The van der Waals surface area contributed by atoms with Gasteiger partial charge in [-0.25, -0.2) is 0 Å². The summed E-state index contributed by atoms with van der Waals surface area (Å²) < 4.78 is 9.48. The molecular weight excluding hydrogens is 446 g/mol. The number of carbonyl (C=O) groups is 1. The number of nitrogens with one attached hydrogen (secondary N) is 1. The summed E-state index contributed by atoms with van der Waals surface area (Å²) in [6, 6.07) is 22.1. The van der Waals surface area contributed by atoms with Gasteiger partial charge >= 0.3 is 0 Å². The van der Waals surface area contributed by atoms with Crippen LogP contribution in [0, 0.1) is 0 Å². The summed E-state index contributed by atoms with van der Waals surface area (Å²) in [7, 11) is 3.53. The van der Waals surface area contributed by atoms with Crippen molar-refractivity contribution in [2.75, 3.05) is 18.2 Å². The van der Waals surface area contributed by atoms with Gasteiger partial charge in [0.05, 0.1) is 12.9 Å². The van der Waals surface area contributed by atoms with E-state index in [1.807, 2.05) is 48.0 Å². The fourth-order valence-corrected chi connectivity index (χ4v) is 4.96. The molecule has 0 aliphatic carbocycles. The minimum atomic E-state index is -0.0884. The van der Waals surface area contributed by atoms with E-state index in [0.29, 0.717) is 5.16 Å². The molecule has 1 N–H and O–H groups in total. The molecule has 0 saturated carbocycles. The molecule has 0 saturated heterocycles. The van der Waals surface area contributed by atoms with Gasteiger partial charge < -0.3 is 19.2 Å². The van der Waals surface area contributed by atoms with Crippen molar-refractivity contribution in [1.29, 1.82) is 0 Å². The van der Waals surface area contributed by atoms with Gasteiger partial charge in [-0.1, -0.05) is 42.1 Å². The van der Waals surface area contributed by atoms with Crippen LogP contribution in [0.5, 0.6) is 5.75 Å². The van der Waals surface area contributed by atoms with E-state index in [4.69, 9.17) is 4.74 Å². The van der Waals surface area contributed by atoms with Gasteiger partial charge in [0.2, 0.25) is 5.91 Å². The summed E-state index contributed by atoms with van der Waals surface area (Å²) >= 11 is 1.36. The largest absolute Gasteiger partial charge is 0.497 e. The topological polar surface area (TPSA) is 74.0 Å². The number of anilines is 1. The number of hydrogen-bond acceptors (Lipinski definition) is 5. The van der Waals surface area contributed by atoms with Crippen LogP contribution in [0.15, 0.2) is 71.9 Å². The van der Waals surface area contributed by atoms with Gasteiger partial charge in [0.15, 0.2) is 11.0 Å². The monoisotopic (exact) mass is 471 g/mol. The fraction of sp³-hybridized carbons (Fsp3) is 0.192. The molecule has 0 spiro atoms. The van der Waals surface area contributed by atoms with E-state index < -0.39 is 0 Å². The van der Waals surface area contributed by atoms with Crippen LogP contribution in [-0.4, -0.2) is 38.1 Å². The highest BCUT2D eigenvalue weighted by molar-refractivity contribution is 7.99. The molecular formula is C26H25N5O2S. The molecule has 8 heteroatoms. The molecule has 0 unspecified atom stereocenters. The van der Waals surface area contributed by atoms with Crippen LogP contribution in [0.4, 0.5) is 5.69 Å². The highest BCUT2D eigenvalue weighted by atomic mass is 32.2. The molecule has 34 heavy (non-hydrogen) atoms. The van der Waals surface area contributed by atoms with Gasteiger partial charge in [0, 0.05) is 46.6 Å². The molecule has 0 bridgehead atoms. The predicted molar refractivity (Wildman–Crippen MR) is 137 cm³/mol. The van der Waals surface area contributed by atoms with Gasteiger partial charge in [0.25, 0.3) is 0 Å². The molecule has 7 nitrogen and oxygen atoms in total. The molecule has 1 amide bonds. The second-order valence-corrected chi connectivity index (χ2v) is 8.87. The van der Waals surface area contributed by atoms with Crippen molar-refractivity contribution in [2.24, 2.45) is 7.05 Å². The first-order valence-electron chi connectivity index (χ1n) is 11.1. The minimum absolute atomic E-state index is 0.0884. The number of rotatable bonds is 7. The lowest BCUT2D eigenvalue weighted by Crippen LogP contribution is -2.14.